The highest BCUT2D eigenvalue weighted by molar-refractivity contribution is 6.20. The van der Waals surface area contributed by atoms with E-state index in [1.165, 1.54) is 5.69 Å². The largest absolute Gasteiger partial charge is 0.358 e. The molecule has 1 N–H and O–H groups in total. The van der Waals surface area contributed by atoms with Crippen molar-refractivity contribution < 1.29 is 9.05 Å². The first-order valence-corrected chi connectivity index (χ1v) is 6.38. The lowest BCUT2D eigenvalue weighted by molar-refractivity contribution is -1.06. The van der Waals surface area contributed by atoms with Crippen molar-refractivity contribution in [2.45, 2.75) is 25.5 Å². The van der Waals surface area contributed by atoms with E-state index in [4.69, 9.17) is 11.6 Å². The van der Waals surface area contributed by atoms with E-state index in [0.29, 0.717) is 0 Å². The van der Waals surface area contributed by atoms with Crippen LogP contribution in [0.3, 0.4) is 0 Å². The lowest BCUT2D eigenvalue weighted by Crippen LogP contribution is -2.65. The van der Waals surface area contributed by atoms with Crippen LogP contribution in [0.4, 0.5) is 5.82 Å². The van der Waals surface area contributed by atoms with Crippen molar-refractivity contribution in [3.8, 4) is 0 Å². The monoisotopic (exact) mass is 239 g/mol. The van der Waals surface area contributed by atoms with Gasteiger partial charge in [-0.15, -0.1) is 0 Å². The third-order valence-electron chi connectivity index (χ3n) is 4.31. The van der Waals surface area contributed by atoms with Crippen LogP contribution in [0.15, 0.2) is 18.2 Å². The maximum atomic E-state index is 6.93. The van der Waals surface area contributed by atoms with Gasteiger partial charge in [-0.05, 0) is 19.9 Å². The highest BCUT2D eigenvalue weighted by atomic mass is 35.5. The van der Waals surface area contributed by atoms with Crippen molar-refractivity contribution in [1.82, 2.24) is 0 Å². The zero-order valence-corrected chi connectivity index (χ0v) is 10.6. The van der Waals surface area contributed by atoms with Gasteiger partial charge in [-0.1, -0.05) is 6.07 Å². The van der Waals surface area contributed by atoms with Crippen molar-refractivity contribution in [3.63, 3.8) is 0 Å². The molecule has 3 heterocycles. The molecule has 0 aromatic carbocycles. The molecule has 86 valence electrons. The number of nitrogens with one attached hydrogen (secondary N) is 1. The van der Waals surface area contributed by atoms with E-state index in [2.05, 4.69) is 41.9 Å². The summed E-state index contributed by atoms with van der Waals surface area (Å²) < 4.78 is 3.24. The van der Waals surface area contributed by atoms with Gasteiger partial charge in [0.1, 0.15) is 6.54 Å². The van der Waals surface area contributed by atoms with Crippen LogP contribution >= 0.6 is 11.6 Å². The molecule has 1 aromatic heterocycles. The molecule has 1 aromatic rings. The fourth-order valence-corrected chi connectivity index (χ4v) is 3.81. The van der Waals surface area contributed by atoms with Crippen LogP contribution in [0.1, 0.15) is 19.5 Å². The number of pyridine rings is 1. The van der Waals surface area contributed by atoms with Crippen LogP contribution in [-0.4, -0.2) is 24.1 Å². The third kappa shape index (κ3) is 0.962. The van der Waals surface area contributed by atoms with Gasteiger partial charge in [0.15, 0.2) is 12.2 Å². The Hall–Kier alpha value is -0.800. The van der Waals surface area contributed by atoms with E-state index >= 15 is 0 Å². The molecule has 3 nitrogen and oxygen atoms in total. The second-order valence-electron chi connectivity index (χ2n) is 4.75. The van der Waals surface area contributed by atoms with Gasteiger partial charge in [0.05, 0.1) is 13.1 Å². The molecule has 0 spiro atoms. The van der Waals surface area contributed by atoms with Crippen LogP contribution in [0, 0.1) is 0 Å². The highest BCUT2D eigenvalue weighted by Crippen LogP contribution is 2.41. The van der Waals surface area contributed by atoms with Gasteiger partial charge in [-0.2, -0.15) is 4.57 Å². The molecule has 2 aliphatic rings. The summed E-state index contributed by atoms with van der Waals surface area (Å²) in [6.45, 7) is 8.49. The Labute approximate surface area is 101 Å². The lowest BCUT2D eigenvalue weighted by atomic mass is 10.2. The molecule has 0 aliphatic carbocycles. The Morgan fingerprint density at radius 1 is 1.44 bits per heavy atom. The van der Waals surface area contributed by atoms with Crippen LogP contribution in [-0.2, 0) is 11.7 Å². The Balaban J connectivity index is 2.23. The number of hydrogen-bond donors (Lipinski definition) is 1. The number of halogens is 1. The van der Waals surface area contributed by atoms with Gasteiger partial charge in [-0.3, -0.25) is 9.80 Å². The Morgan fingerprint density at radius 3 is 2.88 bits per heavy atom. The predicted molar refractivity (Wildman–Crippen MR) is 64.0 cm³/mol. The van der Waals surface area contributed by atoms with E-state index in [-0.39, 0.29) is 5.12 Å². The van der Waals surface area contributed by atoms with Crippen molar-refractivity contribution >= 4 is 17.4 Å². The van der Waals surface area contributed by atoms with E-state index in [1.54, 1.807) is 0 Å². The average molecular weight is 240 g/mol. The summed E-state index contributed by atoms with van der Waals surface area (Å²) in [5.74, 6) is 1.16. The number of hydrogen-bond acceptors (Lipinski definition) is 1. The van der Waals surface area contributed by atoms with Crippen LogP contribution in [0.2, 0.25) is 0 Å². The van der Waals surface area contributed by atoms with E-state index < -0.39 is 0 Å². The first kappa shape index (κ1) is 10.4. The van der Waals surface area contributed by atoms with Crippen molar-refractivity contribution in [2.24, 2.45) is 0 Å². The second-order valence-corrected chi connectivity index (χ2v) is 5.35. The lowest BCUT2D eigenvalue weighted by Gasteiger charge is -2.37. The Morgan fingerprint density at radius 2 is 2.19 bits per heavy atom. The number of quaternary nitrogens is 1. The fraction of sp³-hybridized carbons (Fsp3) is 0.583. The third-order valence-corrected chi connectivity index (χ3v) is 4.97. The van der Waals surface area contributed by atoms with Crippen molar-refractivity contribution in [2.75, 3.05) is 25.0 Å². The van der Waals surface area contributed by atoms with Crippen molar-refractivity contribution in [1.29, 1.82) is 0 Å². The number of alkyl halides is 1. The number of rotatable bonds is 2. The molecular formula is C12H18ClN3+2. The smallest absolute Gasteiger partial charge is 0.262 e. The fourth-order valence-electron chi connectivity index (χ4n) is 3.25. The Bertz CT molecular complexity index is 442. The zero-order valence-electron chi connectivity index (χ0n) is 9.83. The summed E-state index contributed by atoms with van der Waals surface area (Å²) in [5, 5.41) is 3.11. The molecule has 0 amide bonds. The van der Waals surface area contributed by atoms with E-state index in [9.17, 15) is 0 Å². The highest BCUT2D eigenvalue weighted by Gasteiger charge is 2.65. The van der Waals surface area contributed by atoms with E-state index in [0.717, 1.165) is 36.5 Å². The summed E-state index contributed by atoms with van der Waals surface area (Å²) in [7, 11) is 0. The maximum absolute atomic E-state index is 6.93. The quantitative estimate of drug-likeness (QED) is 0.359. The summed E-state index contributed by atoms with van der Waals surface area (Å²) in [6.07, 6.45) is 0. The first-order chi connectivity index (χ1) is 7.67. The molecule has 1 atom stereocenters. The molecule has 0 fully saturated rings. The van der Waals surface area contributed by atoms with Crippen LogP contribution in [0.5, 0.6) is 0 Å². The zero-order chi connectivity index (χ0) is 11.4. The van der Waals surface area contributed by atoms with Gasteiger partial charge in [0, 0.05) is 17.7 Å². The van der Waals surface area contributed by atoms with Gasteiger partial charge < -0.3 is 0 Å². The predicted octanol–water partition coefficient (Wildman–Crippen LogP) is 1.62. The molecule has 3 rings (SSSR count). The minimum absolute atomic E-state index is 0.310. The molecule has 1 unspecified atom stereocenters. The number of nitrogens with zero attached hydrogens (tertiary/aromatic N) is 2. The number of aromatic nitrogens is 1. The first-order valence-electron chi connectivity index (χ1n) is 6.00. The van der Waals surface area contributed by atoms with Gasteiger partial charge in [0.2, 0.25) is 0 Å². The van der Waals surface area contributed by atoms with Gasteiger partial charge in [0.25, 0.3) is 5.82 Å². The Kier molecular flexibility index (Phi) is 2.01. The molecule has 2 aliphatic heterocycles. The molecule has 0 bridgehead atoms. The number of likely N-dealkylation sites (N-methyl/N-ethyl adjacent to an activating group) is 1. The maximum Gasteiger partial charge on any atom is 0.358 e. The van der Waals surface area contributed by atoms with E-state index in [1.807, 2.05) is 0 Å². The van der Waals surface area contributed by atoms with Gasteiger partial charge in [-0.25, -0.2) is 0 Å². The summed E-state index contributed by atoms with van der Waals surface area (Å²) >= 11 is 6.93. The minimum Gasteiger partial charge on any atom is -0.262 e. The molecular weight excluding hydrogens is 222 g/mol. The molecule has 0 radical (unpaired) electrons. The van der Waals surface area contributed by atoms with Crippen LogP contribution < -0.4 is 9.88 Å². The summed E-state index contributed by atoms with van der Waals surface area (Å²) in [5.41, 5.74) is 1.35. The summed E-state index contributed by atoms with van der Waals surface area (Å²) in [4.78, 5) is 0. The molecule has 4 heteroatoms. The topological polar surface area (TPSA) is 15.9 Å². The second kappa shape index (κ2) is 3.11. The molecule has 0 saturated carbocycles. The van der Waals surface area contributed by atoms with Gasteiger partial charge >= 0.3 is 5.12 Å². The number of anilines is 1. The average Bonchev–Trinajstić information content (AvgIpc) is 2.78. The SMILES string of the molecule is CC[N+]1(CC)Cc2cccc3[n+]2C1(Cl)CN3. The minimum atomic E-state index is -0.310. The van der Waals surface area contributed by atoms with Crippen molar-refractivity contribution in [3.05, 3.63) is 23.9 Å². The van der Waals surface area contributed by atoms with Crippen LogP contribution in [0.25, 0.3) is 0 Å². The summed E-state index contributed by atoms with van der Waals surface area (Å²) in [6, 6.07) is 6.42. The molecule has 0 saturated heterocycles. The standard InChI is InChI=1S/C12H17ClN3/c1-3-16(4-2)8-10-6-5-7-11-14-9-12(16,13)15(10)11/h5-7H,3-4,8-9H2,1-2H3/q+1/p+1. The normalized spacial score (nSPS) is 28.9. The molecule has 16 heavy (non-hydrogen) atoms.